The summed E-state index contributed by atoms with van der Waals surface area (Å²) in [7, 11) is 3.10. The van der Waals surface area contributed by atoms with Crippen molar-refractivity contribution in [2.75, 3.05) is 14.1 Å². The number of nitrogens with zero attached hydrogens (tertiary/aromatic N) is 1. The standard InChI is InChI=1S/C26H28N2O7/c1-4-5-6-7-12-8-9-16(29)18-14(12)10-13-11-15-20(28(2)3)22(31)19(25(27)34)24(33)26(15,35)23(32)17(13)21(18)30/h8-9,13,15,17,19-20,29,35H,4-5,10-11H2,1-3H3,(H2,27,34)/t13-,15-,17?,19?,20-,26-/m0/s1. The molecule has 3 aliphatic rings. The molecular weight excluding hydrogens is 452 g/mol. The second kappa shape index (κ2) is 8.70. The van der Waals surface area contributed by atoms with Crippen LogP contribution in [0.3, 0.4) is 0 Å². The number of hydrogen-bond donors (Lipinski definition) is 3. The lowest BCUT2D eigenvalue weighted by Crippen LogP contribution is -2.74. The summed E-state index contributed by atoms with van der Waals surface area (Å²) in [5.74, 6) is -4.43. The minimum atomic E-state index is -2.72. The average Bonchev–Trinajstić information content (AvgIpc) is 2.77. The first kappa shape index (κ1) is 24.8. The summed E-state index contributed by atoms with van der Waals surface area (Å²) in [6.07, 6.45) is 1.72. The van der Waals surface area contributed by atoms with E-state index in [-0.39, 0.29) is 24.2 Å². The van der Waals surface area contributed by atoms with Gasteiger partial charge >= 0.3 is 0 Å². The van der Waals surface area contributed by atoms with Gasteiger partial charge in [-0.15, -0.1) is 0 Å². The van der Waals surface area contributed by atoms with Crippen LogP contribution in [0.25, 0.3) is 0 Å². The van der Waals surface area contributed by atoms with Gasteiger partial charge in [0.2, 0.25) is 5.91 Å². The number of amides is 1. The fourth-order valence-corrected chi connectivity index (χ4v) is 6.00. The van der Waals surface area contributed by atoms with Gasteiger partial charge in [0.05, 0.1) is 17.5 Å². The van der Waals surface area contributed by atoms with Crippen LogP contribution in [0.5, 0.6) is 5.75 Å². The second-order valence-corrected chi connectivity index (χ2v) is 9.83. The number of nitrogens with two attached hydrogens (primary N) is 1. The highest BCUT2D eigenvalue weighted by atomic mass is 16.3. The van der Waals surface area contributed by atoms with Gasteiger partial charge in [-0.1, -0.05) is 18.8 Å². The number of phenolic OH excluding ortho intramolecular Hbond substituents is 1. The number of rotatable bonds is 3. The first-order valence-electron chi connectivity index (χ1n) is 11.6. The Morgan fingerprint density at radius 1 is 1.20 bits per heavy atom. The number of Topliss-reactive ketones (excluding diaryl/α,β-unsaturated/α-hetero) is 4. The van der Waals surface area contributed by atoms with E-state index in [1.54, 1.807) is 20.2 Å². The minimum absolute atomic E-state index is 0.0153. The molecule has 1 aromatic rings. The summed E-state index contributed by atoms with van der Waals surface area (Å²) in [4.78, 5) is 67.0. The smallest absolute Gasteiger partial charge is 0.235 e. The molecule has 0 radical (unpaired) electrons. The number of benzene rings is 1. The normalized spacial score (nSPS) is 31.9. The lowest BCUT2D eigenvalue weighted by Gasteiger charge is -2.52. The number of primary amides is 1. The van der Waals surface area contributed by atoms with E-state index >= 15 is 0 Å². The maximum Gasteiger partial charge on any atom is 0.235 e. The van der Waals surface area contributed by atoms with Gasteiger partial charge < -0.3 is 15.9 Å². The van der Waals surface area contributed by atoms with Gasteiger partial charge in [0.1, 0.15) is 5.75 Å². The number of carbonyl (C=O) groups excluding carboxylic acids is 5. The zero-order valence-corrected chi connectivity index (χ0v) is 19.8. The number of aromatic hydroxyl groups is 1. The third-order valence-electron chi connectivity index (χ3n) is 7.54. The molecule has 9 nitrogen and oxygen atoms in total. The summed E-state index contributed by atoms with van der Waals surface area (Å²) in [6, 6.07) is 1.84. The highest BCUT2D eigenvalue weighted by molar-refractivity contribution is 6.32. The van der Waals surface area contributed by atoms with Crippen LogP contribution in [0, 0.1) is 35.5 Å². The number of unbranched alkanes of at least 4 members (excludes halogenated alkanes) is 1. The number of phenols is 1. The molecule has 0 bridgehead atoms. The molecule has 3 aliphatic carbocycles. The molecule has 0 heterocycles. The molecule has 35 heavy (non-hydrogen) atoms. The van der Waals surface area contributed by atoms with Crippen molar-refractivity contribution < 1.29 is 34.2 Å². The average molecular weight is 481 g/mol. The lowest BCUT2D eigenvalue weighted by atomic mass is 9.52. The van der Waals surface area contributed by atoms with E-state index in [9.17, 15) is 34.2 Å². The Bertz CT molecular complexity index is 1220. The molecular formula is C26H28N2O7. The third kappa shape index (κ3) is 3.51. The Hall–Kier alpha value is -3.35. The number of fused-ring (bicyclic) bond motifs is 3. The molecule has 9 heteroatoms. The highest BCUT2D eigenvalue weighted by Gasteiger charge is 2.69. The van der Waals surface area contributed by atoms with Crippen LogP contribution in [0.4, 0.5) is 0 Å². The molecule has 1 amide bonds. The maximum atomic E-state index is 13.7. The van der Waals surface area contributed by atoms with E-state index in [0.717, 1.165) is 6.42 Å². The van der Waals surface area contributed by atoms with Crippen LogP contribution in [-0.2, 0) is 25.6 Å². The molecule has 2 saturated carbocycles. The fraction of sp³-hybridized carbons (Fsp3) is 0.500. The molecule has 1 aromatic carbocycles. The van der Waals surface area contributed by atoms with E-state index in [1.807, 2.05) is 6.92 Å². The lowest BCUT2D eigenvalue weighted by molar-refractivity contribution is -0.181. The van der Waals surface area contributed by atoms with Gasteiger partial charge in [-0.25, -0.2) is 0 Å². The minimum Gasteiger partial charge on any atom is -0.507 e. The number of carbonyl (C=O) groups is 5. The van der Waals surface area contributed by atoms with Crippen molar-refractivity contribution in [3.8, 4) is 17.6 Å². The largest absolute Gasteiger partial charge is 0.507 e. The van der Waals surface area contributed by atoms with Crippen LogP contribution in [0.1, 0.15) is 47.7 Å². The maximum absolute atomic E-state index is 13.7. The van der Waals surface area contributed by atoms with Crippen molar-refractivity contribution in [2.45, 2.75) is 44.2 Å². The molecule has 4 N–H and O–H groups in total. The zero-order chi connectivity index (χ0) is 25.8. The molecule has 0 aliphatic heterocycles. The Balaban J connectivity index is 1.86. The van der Waals surface area contributed by atoms with E-state index in [4.69, 9.17) is 5.73 Å². The summed E-state index contributed by atoms with van der Waals surface area (Å²) >= 11 is 0. The number of likely N-dealkylation sites (N-methyl/N-ethyl adjacent to an activating group) is 1. The first-order valence-corrected chi connectivity index (χ1v) is 11.6. The molecule has 2 fully saturated rings. The second-order valence-electron chi connectivity index (χ2n) is 9.83. The van der Waals surface area contributed by atoms with Gasteiger partial charge in [-0.3, -0.25) is 28.9 Å². The number of aliphatic hydroxyl groups is 1. The van der Waals surface area contributed by atoms with E-state index in [2.05, 4.69) is 11.8 Å². The Kier molecular flexibility index (Phi) is 6.16. The van der Waals surface area contributed by atoms with Crippen LogP contribution in [0.2, 0.25) is 0 Å². The number of hydrogen-bond acceptors (Lipinski definition) is 8. The predicted octanol–water partition coefficient (Wildman–Crippen LogP) is 0.0186. The van der Waals surface area contributed by atoms with Gasteiger partial charge in [0.25, 0.3) is 0 Å². The van der Waals surface area contributed by atoms with Crippen molar-refractivity contribution in [1.29, 1.82) is 0 Å². The topological polar surface area (TPSA) is 155 Å². The highest BCUT2D eigenvalue weighted by Crippen LogP contribution is 2.50. The summed E-state index contributed by atoms with van der Waals surface area (Å²) in [6.45, 7) is 1.99. The Morgan fingerprint density at radius 3 is 2.49 bits per heavy atom. The van der Waals surface area contributed by atoms with E-state index < -0.39 is 64.4 Å². The third-order valence-corrected chi connectivity index (χ3v) is 7.54. The molecule has 0 saturated heterocycles. The zero-order valence-electron chi connectivity index (χ0n) is 19.8. The monoisotopic (exact) mass is 480 g/mol. The summed E-state index contributed by atoms with van der Waals surface area (Å²) in [5, 5.41) is 22.0. The van der Waals surface area contributed by atoms with E-state index in [0.29, 0.717) is 17.5 Å². The summed E-state index contributed by atoms with van der Waals surface area (Å²) in [5.41, 5.74) is 3.64. The van der Waals surface area contributed by atoms with E-state index in [1.165, 1.54) is 11.0 Å². The SMILES string of the molecule is CCCC#Cc1ccc(O)c2c1C[C@H]1C[C@H]3[C@H](N(C)C)C(=O)C(C(N)=O)C(=O)[C@@]3(O)C(=O)C1C2=O. The molecule has 4 rings (SSSR count). The van der Waals surface area contributed by atoms with Crippen LogP contribution < -0.4 is 5.73 Å². The van der Waals surface area contributed by atoms with Crippen molar-refractivity contribution in [3.05, 3.63) is 28.8 Å². The van der Waals surface area contributed by atoms with Gasteiger partial charge in [-0.05, 0) is 57.0 Å². The van der Waals surface area contributed by atoms with Gasteiger partial charge in [0, 0.05) is 17.9 Å². The van der Waals surface area contributed by atoms with Crippen LogP contribution >= 0.6 is 0 Å². The van der Waals surface area contributed by atoms with Crippen molar-refractivity contribution in [2.24, 2.45) is 29.4 Å². The van der Waals surface area contributed by atoms with Crippen molar-refractivity contribution >= 4 is 29.0 Å². The molecule has 0 aromatic heterocycles. The molecule has 6 atom stereocenters. The quantitative estimate of drug-likeness (QED) is 0.404. The Labute approximate surface area is 202 Å². The number of ketones is 4. The van der Waals surface area contributed by atoms with Crippen LogP contribution in [-0.4, -0.2) is 69.9 Å². The Morgan fingerprint density at radius 2 is 1.89 bits per heavy atom. The molecule has 2 unspecified atom stereocenters. The van der Waals surface area contributed by atoms with Gasteiger partial charge in [0.15, 0.2) is 34.7 Å². The van der Waals surface area contributed by atoms with Crippen molar-refractivity contribution in [3.63, 3.8) is 0 Å². The fourth-order valence-electron chi connectivity index (χ4n) is 6.00. The first-order chi connectivity index (χ1) is 16.5. The molecule has 184 valence electrons. The van der Waals surface area contributed by atoms with Gasteiger partial charge in [-0.2, -0.15) is 0 Å². The van der Waals surface area contributed by atoms with Crippen molar-refractivity contribution in [1.82, 2.24) is 4.90 Å². The predicted molar refractivity (Wildman–Crippen MR) is 123 cm³/mol. The molecule has 0 spiro atoms. The van der Waals surface area contributed by atoms with Crippen LogP contribution in [0.15, 0.2) is 12.1 Å². The summed E-state index contributed by atoms with van der Waals surface area (Å²) < 4.78 is 0.